The minimum atomic E-state index is -0.147. The van der Waals surface area contributed by atoms with E-state index in [9.17, 15) is 9.59 Å². The molecule has 1 amide bonds. The standard InChI is InChI=1S/C15H22N2O3/c1-2-11-20-13-5-3-12(4-6-13)14(18)7-8-15(19)17-10-9-16/h3-6H,2,7-11,16H2,1H3,(H,17,19). The van der Waals surface area contributed by atoms with Gasteiger partial charge in [0.2, 0.25) is 5.91 Å². The van der Waals surface area contributed by atoms with Gasteiger partial charge in [0.25, 0.3) is 0 Å². The molecule has 1 aromatic rings. The number of benzene rings is 1. The third kappa shape index (κ3) is 5.84. The molecule has 20 heavy (non-hydrogen) atoms. The van der Waals surface area contributed by atoms with Gasteiger partial charge in [0.05, 0.1) is 6.61 Å². The van der Waals surface area contributed by atoms with Crippen LogP contribution in [0.1, 0.15) is 36.5 Å². The quantitative estimate of drug-likeness (QED) is 0.671. The van der Waals surface area contributed by atoms with Gasteiger partial charge in [-0.05, 0) is 30.7 Å². The highest BCUT2D eigenvalue weighted by Crippen LogP contribution is 2.14. The average Bonchev–Trinajstić information content (AvgIpc) is 2.49. The van der Waals surface area contributed by atoms with Crippen LogP contribution in [0.4, 0.5) is 0 Å². The number of nitrogens with two attached hydrogens (primary N) is 1. The molecule has 0 aliphatic heterocycles. The number of hydrogen-bond acceptors (Lipinski definition) is 4. The van der Waals surface area contributed by atoms with Crippen LogP contribution in [0.25, 0.3) is 0 Å². The lowest BCUT2D eigenvalue weighted by atomic mass is 10.1. The maximum atomic E-state index is 11.9. The molecular weight excluding hydrogens is 256 g/mol. The molecule has 0 saturated carbocycles. The minimum absolute atomic E-state index is 0.0464. The van der Waals surface area contributed by atoms with Gasteiger partial charge in [-0.25, -0.2) is 0 Å². The number of carbonyl (C=O) groups excluding carboxylic acids is 2. The van der Waals surface area contributed by atoms with Crippen LogP contribution in [-0.4, -0.2) is 31.4 Å². The van der Waals surface area contributed by atoms with Crippen LogP contribution in [0, 0.1) is 0 Å². The summed E-state index contributed by atoms with van der Waals surface area (Å²) in [6.45, 7) is 3.54. The molecule has 0 saturated heterocycles. The van der Waals surface area contributed by atoms with E-state index >= 15 is 0 Å². The SMILES string of the molecule is CCCOc1ccc(C(=O)CCC(=O)NCCN)cc1. The third-order valence-electron chi connectivity index (χ3n) is 2.69. The van der Waals surface area contributed by atoms with Gasteiger partial charge in [0, 0.05) is 31.5 Å². The molecule has 0 radical (unpaired) electrons. The molecule has 0 fully saturated rings. The van der Waals surface area contributed by atoms with Crippen molar-refractivity contribution in [1.29, 1.82) is 0 Å². The molecule has 1 rings (SSSR count). The molecule has 0 bridgehead atoms. The predicted molar refractivity (Wildman–Crippen MR) is 77.9 cm³/mol. The number of ketones is 1. The average molecular weight is 278 g/mol. The molecule has 0 aromatic heterocycles. The molecule has 0 unspecified atom stereocenters. The van der Waals surface area contributed by atoms with Crippen molar-refractivity contribution in [2.45, 2.75) is 26.2 Å². The van der Waals surface area contributed by atoms with Crippen LogP contribution in [0.2, 0.25) is 0 Å². The van der Waals surface area contributed by atoms with Crippen molar-refractivity contribution >= 4 is 11.7 Å². The maximum absolute atomic E-state index is 11.9. The zero-order valence-corrected chi connectivity index (χ0v) is 11.9. The highest BCUT2D eigenvalue weighted by Gasteiger charge is 2.09. The first-order chi connectivity index (χ1) is 9.67. The number of amides is 1. The first-order valence-electron chi connectivity index (χ1n) is 6.90. The van der Waals surface area contributed by atoms with Crippen LogP contribution >= 0.6 is 0 Å². The number of ether oxygens (including phenoxy) is 1. The molecule has 1 aromatic carbocycles. The molecular formula is C15H22N2O3. The van der Waals surface area contributed by atoms with Crippen molar-refractivity contribution in [3.63, 3.8) is 0 Å². The van der Waals surface area contributed by atoms with Crippen LogP contribution in [0.5, 0.6) is 5.75 Å². The van der Waals surface area contributed by atoms with E-state index in [1.807, 2.05) is 6.92 Å². The molecule has 5 nitrogen and oxygen atoms in total. The van der Waals surface area contributed by atoms with E-state index in [-0.39, 0.29) is 24.5 Å². The smallest absolute Gasteiger partial charge is 0.220 e. The topological polar surface area (TPSA) is 81.4 Å². The Kier molecular flexibility index (Phi) is 7.35. The fourth-order valence-electron chi connectivity index (χ4n) is 1.63. The zero-order chi connectivity index (χ0) is 14.8. The summed E-state index contributed by atoms with van der Waals surface area (Å²) in [5.74, 6) is 0.561. The van der Waals surface area contributed by atoms with E-state index in [4.69, 9.17) is 10.5 Å². The summed E-state index contributed by atoms with van der Waals surface area (Å²) in [4.78, 5) is 23.3. The van der Waals surface area contributed by atoms with E-state index in [0.717, 1.165) is 12.2 Å². The van der Waals surface area contributed by atoms with Crippen LogP contribution < -0.4 is 15.8 Å². The number of rotatable bonds is 9. The number of carbonyl (C=O) groups is 2. The lowest BCUT2D eigenvalue weighted by Crippen LogP contribution is -2.29. The number of nitrogens with one attached hydrogen (secondary N) is 1. The van der Waals surface area contributed by atoms with E-state index in [1.54, 1.807) is 24.3 Å². The van der Waals surface area contributed by atoms with Gasteiger partial charge in [0.15, 0.2) is 5.78 Å². The largest absolute Gasteiger partial charge is 0.494 e. The molecule has 110 valence electrons. The Balaban J connectivity index is 2.41. The van der Waals surface area contributed by atoms with Crippen LogP contribution in [0.15, 0.2) is 24.3 Å². The number of hydrogen-bond donors (Lipinski definition) is 2. The Morgan fingerprint density at radius 1 is 1.20 bits per heavy atom. The summed E-state index contributed by atoms with van der Waals surface area (Å²) in [6, 6.07) is 7.00. The van der Waals surface area contributed by atoms with E-state index in [2.05, 4.69) is 5.32 Å². The van der Waals surface area contributed by atoms with E-state index < -0.39 is 0 Å². The summed E-state index contributed by atoms with van der Waals surface area (Å²) in [6.07, 6.45) is 1.33. The van der Waals surface area contributed by atoms with Crippen molar-refractivity contribution in [3.05, 3.63) is 29.8 Å². The number of Topliss-reactive ketones (excluding diaryl/α,β-unsaturated/α-hetero) is 1. The monoisotopic (exact) mass is 278 g/mol. The van der Waals surface area contributed by atoms with E-state index in [1.165, 1.54) is 0 Å². The Morgan fingerprint density at radius 3 is 2.50 bits per heavy atom. The minimum Gasteiger partial charge on any atom is -0.494 e. The fourth-order valence-corrected chi connectivity index (χ4v) is 1.63. The second kappa shape index (κ2) is 9.09. The second-order valence-corrected chi connectivity index (χ2v) is 4.43. The molecule has 0 spiro atoms. The molecule has 0 aliphatic rings. The van der Waals surface area contributed by atoms with Gasteiger partial charge in [-0.3, -0.25) is 9.59 Å². The van der Waals surface area contributed by atoms with Gasteiger partial charge in [-0.1, -0.05) is 6.92 Å². The first-order valence-corrected chi connectivity index (χ1v) is 6.90. The first kappa shape index (κ1) is 16.2. The van der Waals surface area contributed by atoms with Crippen LogP contribution in [0.3, 0.4) is 0 Å². The van der Waals surface area contributed by atoms with Crippen molar-refractivity contribution in [3.8, 4) is 5.75 Å². The zero-order valence-electron chi connectivity index (χ0n) is 11.9. The van der Waals surface area contributed by atoms with Crippen LogP contribution in [-0.2, 0) is 4.79 Å². The van der Waals surface area contributed by atoms with Gasteiger partial charge < -0.3 is 15.8 Å². The predicted octanol–water partition coefficient (Wildman–Crippen LogP) is 1.51. The van der Waals surface area contributed by atoms with Gasteiger partial charge in [0.1, 0.15) is 5.75 Å². The summed E-state index contributed by atoms with van der Waals surface area (Å²) in [5.41, 5.74) is 5.88. The van der Waals surface area contributed by atoms with Crippen molar-refractivity contribution in [2.75, 3.05) is 19.7 Å². The van der Waals surface area contributed by atoms with E-state index in [0.29, 0.717) is 25.3 Å². The Morgan fingerprint density at radius 2 is 1.90 bits per heavy atom. The highest BCUT2D eigenvalue weighted by molar-refractivity contribution is 5.98. The Bertz CT molecular complexity index is 429. The molecule has 3 N–H and O–H groups in total. The normalized spacial score (nSPS) is 10.1. The lowest BCUT2D eigenvalue weighted by Gasteiger charge is -2.06. The van der Waals surface area contributed by atoms with Crippen molar-refractivity contribution < 1.29 is 14.3 Å². The summed E-state index contributed by atoms with van der Waals surface area (Å²) >= 11 is 0. The fraction of sp³-hybridized carbons (Fsp3) is 0.467. The maximum Gasteiger partial charge on any atom is 0.220 e. The summed E-state index contributed by atoms with van der Waals surface area (Å²) in [5, 5.41) is 2.64. The lowest BCUT2D eigenvalue weighted by molar-refractivity contribution is -0.121. The molecule has 0 aliphatic carbocycles. The van der Waals surface area contributed by atoms with Crippen molar-refractivity contribution in [1.82, 2.24) is 5.32 Å². The summed E-state index contributed by atoms with van der Waals surface area (Å²) < 4.78 is 5.45. The van der Waals surface area contributed by atoms with Gasteiger partial charge in [-0.15, -0.1) is 0 Å². The van der Waals surface area contributed by atoms with Gasteiger partial charge in [-0.2, -0.15) is 0 Å². The molecule has 0 atom stereocenters. The van der Waals surface area contributed by atoms with Gasteiger partial charge >= 0.3 is 0 Å². The highest BCUT2D eigenvalue weighted by atomic mass is 16.5. The molecule has 5 heteroatoms. The Hall–Kier alpha value is -1.88. The molecule has 0 heterocycles. The summed E-state index contributed by atoms with van der Waals surface area (Å²) in [7, 11) is 0. The Labute approximate surface area is 119 Å². The second-order valence-electron chi connectivity index (χ2n) is 4.43. The van der Waals surface area contributed by atoms with Crippen molar-refractivity contribution in [2.24, 2.45) is 5.73 Å². The third-order valence-corrected chi connectivity index (χ3v) is 2.69.